The Balaban J connectivity index is 1.28. The van der Waals surface area contributed by atoms with E-state index in [1.165, 1.54) is 0 Å². The first-order chi connectivity index (χ1) is 15.3. The van der Waals surface area contributed by atoms with Crippen LogP contribution in [0.15, 0.2) is 24.3 Å². The summed E-state index contributed by atoms with van der Waals surface area (Å²) in [6, 6.07) is 6.99. The van der Waals surface area contributed by atoms with Crippen LogP contribution in [0.4, 0.5) is 4.79 Å². The number of amides is 5. The second-order valence-electron chi connectivity index (χ2n) is 9.53. The number of likely N-dealkylation sites (tertiary alicyclic amines) is 1. The number of hydrogen-bond donors (Lipinski definition) is 2. The maximum Gasteiger partial charge on any atom is 0.325 e. The molecule has 1 aromatic carbocycles. The van der Waals surface area contributed by atoms with Crippen LogP contribution in [-0.2, 0) is 9.59 Å². The van der Waals surface area contributed by atoms with Crippen LogP contribution in [0.25, 0.3) is 0 Å². The molecule has 1 aromatic rings. The number of rotatable bonds is 4. The third-order valence-corrected chi connectivity index (χ3v) is 7.24. The van der Waals surface area contributed by atoms with Gasteiger partial charge in [0.15, 0.2) is 0 Å². The lowest BCUT2D eigenvalue weighted by molar-refractivity contribution is -0.140. The van der Waals surface area contributed by atoms with Gasteiger partial charge in [0.05, 0.1) is 0 Å². The third kappa shape index (κ3) is 4.36. The van der Waals surface area contributed by atoms with E-state index in [4.69, 9.17) is 0 Å². The second kappa shape index (κ2) is 8.92. The van der Waals surface area contributed by atoms with Crippen molar-refractivity contribution in [2.24, 2.45) is 5.92 Å². The molecule has 2 saturated heterocycles. The quantitative estimate of drug-likeness (QED) is 0.702. The number of benzene rings is 1. The molecule has 3 fully saturated rings. The maximum atomic E-state index is 13.0. The standard InChI is InChI=1S/C24H32N4O4/c1-16-7-11-24(12-8-16)22(31)28(23(32)26-24)15-20(29)27-13-9-18(10-14-27)25-21(30)19-6-4-3-5-17(19)2/h3-6,16,18H,7-15H2,1-2H3,(H,25,30)(H,26,32). The van der Waals surface area contributed by atoms with Gasteiger partial charge in [-0.2, -0.15) is 0 Å². The summed E-state index contributed by atoms with van der Waals surface area (Å²) in [6.45, 7) is 4.82. The summed E-state index contributed by atoms with van der Waals surface area (Å²) >= 11 is 0. The van der Waals surface area contributed by atoms with E-state index in [2.05, 4.69) is 17.6 Å². The van der Waals surface area contributed by atoms with Crippen LogP contribution in [0.5, 0.6) is 0 Å². The van der Waals surface area contributed by atoms with Gasteiger partial charge >= 0.3 is 6.03 Å². The second-order valence-corrected chi connectivity index (χ2v) is 9.53. The van der Waals surface area contributed by atoms with Gasteiger partial charge in [-0.05, 0) is 63.0 Å². The van der Waals surface area contributed by atoms with Crippen molar-refractivity contribution in [1.82, 2.24) is 20.4 Å². The zero-order valence-electron chi connectivity index (χ0n) is 18.9. The fraction of sp³-hybridized carbons (Fsp3) is 0.583. The van der Waals surface area contributed by atoms with E-state index < -0.39 is 11.6 Å². The minimum Gasteiger partial charge on any atom is -0.349 e. The molecule has 2 N–H and O–H groups in total. The first-order valence-corrected chi connectivity index (χ1v) is 11.6. The molecule has 32 heavy (non-hydrogen) atoms. The van der Waals surface area contributed by atoms with Crippen molar-refractivity contribution in [2.45, 2.75) is 64.0 Å². The van der Waals surface area contributed by atoms with Gasteiger partial charge in [-0.25, -0.2) is 4.79 Å². The fourth-order valence-corrected chi connectivity index (χ4v) is 5.01. The van der Waals surface area contributed by atoms with Crippen molar-refractivity contribution >= 4 is 23.8 Å². The number of carbonyl (C=O) groups excluding carboxylic acids is 4. The third-order valence-electron chi connectivity index (χ3n) is 7.24. The van der Waals surface area contributed by atoms with E-state index in [1.807, 2.05) is 25.1 Å². The Kier molecular flexibility index (Phi) is 6.22. The minimum absolute atomic E-state index is 0.00429. The molecule has 0 radical (unpaired) electrons. The highest BCUT2D eigenvalue weighted by atomic mass is 16.2. The average molecular weight is 441 g/mol. The van der Waals surface area contributed by atoms with Gasteiger partial charge in [0.2, 0.25) is 5.91 Å². The van der Waals surface area contributed by atoms with Gasteiger partial charge in [-0.1, -0.05) is 25.1 Å². The van der Waals surface area contributed by atoms with Gasteiger partial charge < -0.3 is 15.5 Å². The summed E-state index contributed by atoms with van der Waals surface area (Å²) in [5.74, 6) is -0.0329. The number of nitrogens with one attached hydrogen (secondary N) is 2. The normalized spacial score (nSPS) is 26.4. The van der Waals surface area contributed by atoms with Crippen LogP contribution in [0.3, 0.4) is 0 Å². The molecule has 0 unspecified atom stereocenters. The largest absolute Gasteiger partial charge is 0.349 e. The summed E-state index contributed by atoms with van der Waals surface area (Å²) in [6.07, 6.45) is 4.35. The van der Waals surface area contributed by atoms with Gasteiger partial charge in [0.1, 0.15) is 12.1 Å². The van der Waals surface area contributed by atoms with Crippen molar-refractivity contribution in [3.05, 3.63) is 35.4 Å². The Morgan fingerprint density at radius 3 is 2.41 bits per heavy atom. The van der Waals surface area contributed by atoms with Crippen molar-refractivity contribution in [3.8, 4) is 0 Å². The Labute approximate surface area is 188 Å². The van der Waals surface area contributed by atoms with Crippen LogP contribution in [-0.4, -0.2) is 64.8 Å². The van der Waals surface area contributed by atoms with Gasteiger partial charge in [-0.3, -0.25) is 19.3 Å². The molecule has 2 aliphatic heterocycles. The predicted molar refractivity (Wildman–Crippen MR) is 119 cm³/mol. The van der Waals surface area contributed by atoms with Gasteiger partial charge in [0, 0.05) is 24.7 Å². The topological polar surface area (TPSA) is 98.8 Å². The number of carbonyl (C=O) groups is 4. The number of nitrogens with zero attached hydrogens (tertiary/aromatic N) is 2. The lowest BCUT2D eigenvalue weighted by Gasteiger charge is -2.34. The fourth-order valence-electron chi connectivity index (χ4n) is 5.01. The molecule has 0 bridgehead atoms. The van der Waals surface area contributed by atoms with E-state index >= 15 is 0 Å². The zero-order chi connectivity index (χ0) is 22.9. The van der Waals surface area contributed by atoms with Crippen molar-refractivity contribution in [1.29, 1.82) is 0 Å². The SMILES string of the molecule is Cc1ccccc1C(=O)NC1CCN(C(=O)CN2C(=O)NC3(CCC(C)CC3)C2=O)CC1. The van der Waals surface area contributed by atoms with Crippen LogP contribution < -0.4 is 10.6 Å². The molecule has 1 spiro atoms. The van der Waals surface area contributed by atoms with Crippen LogP contribution in [0.2, 0.25) is 0 Å². The average Bonchev–Trinajstić information content (AvgIpc) is 3.00. The van der Waals surface area contributed by atoms with E-state index in [1.54, 1.807) is 11.0 Å². The Morgan fingerprint density at radius 1 is 1.09 bits per heavy atom. The number of hydrogen-bond acceptors (Lipinski definition) is 4. The Bertz CT molecular complexity index is 914. The summed E-state index contributed by atoms with van der Waals surface area (Å²) < 4.78 is 0. The predicted octanol–water partition coefficient (Wildman–Crippen LogP) is 2.22. The van der Waals surface area contributed by atoms with E-state index in [9.17, 15) is 19.2 Å². The molecular weight excluding hydrogens is 408 g/mol. The van der Waals surface area contributed by atoms with Crippen LogP contribution in [0.1, 0.15) is 61.4 Å². The first kappa shape index (κ1) is 22.3. The first-order valence-electron chi connectivity index (χ1n) is 11.6. The summed E-state index contributed by atoms with van der Waals surface area (Å²) in [7, 11) is 0. The highest BCUT2D eigenvalue weighted by Gasteiger charge is 2.52. The minimum atomic E-state index is -0.823. The number of piperidine rings is 1. The highest BCUT2D eigenvalue weighted by Crippen LogP contribution is 2.36. The van der Waals surface area contributed by atoms with E-state index in [0.717, 1.165) is 23.3 Å². The molecule has 4 rings (SSSR count). The smallest absolute Gasteiger partial charge is 0.325 e. The molecule has 172 valence electrons. The Hall–Kier alpha value is -2.90. The van der Waals surface area contributed by atoms with Crippen LogP contribution in [0, 0.1) is 12.8 Å². The molecule has 8 heteroatoms. The monoisotopic (exact) mass is 440 g/mol. The summed E-state index contributed by atoms with van der Waals surface area (Å²) in [5.41, 5.74) is 0.767. The Morgan fingerprint density at radius 2 is 1.75 bits per heavy atom. The zero-order valence-corrected chi connectivity index (χ0v) is 18.9. The molecular formula is C24H32N4O4. The summed E-state index contributed by atoms with van der Waals surface area (Å²) in [4.78, 5) is 53.6. The molecule has 3 aliphatic rings. The molecule has 0 aromatic heterocycles. The van der Waals surface area contributed by atoms with Crippen molar-refractivity contribution < 1.29 is 19.2 Å². The maximum absolute atomic E-state index is 13.0. The van der Waals surface area contributed by atoms with E-state index in [0.29, 0.717) is 50.3 Å². The highest BCUT2D eigenvalue weighted by molar-refractivity contribution is 6.09. The lowest BCUT2D eigenvalue weighted by atomic mass is 9.77. The number of imide groups is 1. The van der Waals surface area contributed by atoms with E-state index in [-0.39, 0.29) is 30.3 Å². The molecule has 1 saturated carbocycles. The molecule has 8 nitrogen and oxygen atoms in total. The van der Waals surface area contributed by atoms with Crippen molar-refractivity contribution in [2.75, 3.05) is 19.6 Å². The molecule has 2 heterocycles. The lowest BCUT2D eigenvalue weighted by Crippen LogP contribution is -2.51. The number of aryl methyl sites for hydroxylation is 1. The van der Waals surface area contributed by atoms with Crippen LogP contribution >= 0.6 is 0 Å². The van der Waals surface area contributed by atoms with Crippen molar-refractivity contribution in [3.63, 3.8) is 0 Å². The number of urea groups is 1. The summed E-state index contributed by atoms with van der Waals surface area (Å²) in [5, 5.41) is 5.93. The van der Waals surface area contributed by atoms with Gasteiger partial charge in [0.25, 0.3) is 11.8 Å². The molecule has 5 amide bonds. The molecule has 0 atom stereocenters. The van der Waals surface area contributed by atoms with Gasteiger partial charge in [-0.15, -0.1) is 0 Å². The molecule has 1 aliphatic carbocycles.